The van der Waals surface area contributed by atoms with Crippen LogP contribution in [0, 0.1) is 11.3 Å². The van der Waals surface area contributed by atoms with Gasteiger partial charge in [-0.2, -0.15) is 5.26 Å². The molecule has 0 atom stereocenters. The Morgan fingerprint density at radius 1 is 0.514 bits per heavy atom. The van der Waals surface area contributed by atoms with E-state index in [-0.39, 0.29) is 0 Å². The number of nitriles is 1. The van der Waals surface area contributed by atoms with Crippen molar-refractivity contribution >= 4 is 50.0 Å². The van der Waals surface area contributed by atoms with Gasteiger partial charge in [-0.1, -0.05) is 78.9 Å². The minimum atomic E-state index is 0.652. The number of rotatable bonds is 5. The Kier molecular flexibility index (Phi) is 5.77. The van der Waals surface area contributed by atoms with E-state index in [9.17, 15) is 5.26 Å². The third kappa shape index (κ3) is 4.16. The number of benzene rings is 6. The van der Waals surface area contributed by atoms with Gasteiger partial charge in [0.25, 0.3) is 0 Å². The lowest BCUT2D eigenvalue weighted by Crippen LogP contribution is -2.12. The highest BCUT2D eigenvalue weighted by Crippen LogP contribution is 2.42. The SMILES string of the molecule is CN(c1ccc(N(c2cccc3ccccc23)c2cccc3ccccc23)cc1)c1cccc(C#N)c1. The minimum Gasteiger partial charge on any atom is -0.345 e. The van der Waals surface area contributed by atoms with Crippen LogP contribution >= 0.6 is 0 Å². The van der Waals surface area contributed by atoms with E-state index in [4.69, 9.17) is 0 Å². The quantitative estimate of drug-likeness (QED) is 0.249. The molecule has 0 saturated heterocycles. The average molecular weight is 476 g/mol. The molecule has 6 aromatic carbocycles. The molecule has 0 aliphatic rings. The molecule has 6 rings (SSSR count). The molecule has 6 aromatic rings. The van der Waals surface area contributed by atoms with Gasteiger partial charge in [0.05, 0.1) is 23.0 Å². The smallest absolute Gasteiger partial charge is 0.0992 e. The van der Waals surface area contributed by atoms with Crippen molar-refractivity contribution in [2.45, 2.75) is 0 Å². The summed E-state index contributed by atoms with van der Waals surface area (Å²) < 4.78 is 0. The summed E-state index contributed by atoms with van der Waals surface area (Å²) in [6, 6.07) is 48.5. The van der Waals surface area contributed by atoms with Gasteiger partial charge in [-0.25, -0.2) is 0 Å². The Bertz CT molecular complexity index is 1670. The second-order valence-corrected chi connectivity index (χ2v) is 9.07. The molecule has 0 unspecified atom stereocenters. The highest BCUT2D eigenvalue weighted by Gasteiger charge is 2.18. The van der Waals surface area contributed by atoms with Crippen molar-refractivity contribution in [1.29, 1.82) is 5.26 Å². The Labute approximate surface area is 217 Å². The van der Waals surface area contributed by atoms with Crippen molar-refractivity contribution in [1.82, 2.24) is 0 Å². The van der Waals surface area contributed by atoms with E-state index < -0.39 is 0 Å². The Morgan fingerprint density at radius 3 is 1.62 bits per heavy atom. The molecule has 0 spiro atoms. The molecule has 3 heteroatoms. The number of hydrogen-bond donors (Lipinski definition) is 0. The van der Waals surface area contributed by atoms with Gasteiger partial charge in [0.1, 0.15) is 0 Å². The highest BCUT2D eigenvalue weighted by atomic mass is 15.1. The van der Waals surface area contributed by atoms with Crippen LogP contribution in [0.15, 0.2) is 133 Å². The number of hydrogen-bond acceptors (Lipinski definition) is 3. The summed E-state index contributed by atoms with van der Waals surface area (Å²) in [5.41, 5.74) is 6.03. The summed E-state index contributed by atoms with van der Waals surface area (Å²) in [4.78, 5) is 4.45. The van der Waals surface area contributed by atoms with Crippen molar-refractivity contribution in [3.8, 4) is 6.07 Å². The standard InChI is InChI=1S/C34H25N3/c1-36(30-14-6-9-25(23-30)24-35)28-19-21-29(22-20-28)37(33-17-7-12-26-10-2-4-15-31(26)33)34-18-8-13-27-11-3-5-16-32(27)34/h2-23H,1H3. The molecule has 37 heavy (non-hydrogen) atoms. The second kappa shape index (κ2) is 9.53. The molecule has 0 amide bonds. The van der Waals surface area contributed by atoms with E-state index in [1.165, 1.54) is 21.5 Å². The van der Waals surface area contributed by atoms with Gasteiger partial charge < -0.3 is 9.80 Å². The van der Waals surface area contributed by atoms with Crippen LogP contribution in [0.2, 0.25) is 0 Å². The van der Waals surface area contributed by atoms with E-state index in [0.717, 1.165) is 28.4 Å². The third-order valence-corrected chi connectivity index (χ3v) is 6.87. The molecular weight excluding hydrogens is 450 g/mol. The van der Waals surface area contributed by atoms with Gasteiger partial charge in [-0.05, 0) is 65.4 Å². The first kappa shape index (κ1) is 22.4. The second-order valence-electron chi connectivity index (χ2n) is 9.07. The molecule has 0 radical (unpaired) electrons. The minimum absolute atomic E-state index is 0.652. The van der Waals surface area contributed by atoms with Gasteiger partial charge in [-0.3, -0.25) is 0 Å². The fourth-order valence-electron chi connectivity index (χ4n) is 4.97. The fraction of sp³-hybridized carbons (Fsp3) is 0.0294. The predicted molar refractivity (Wildman–Crippen MR) is 155 cm³/mol. The molecule has 0 bridgehead atoms. The van der Waals surface area contributed by atoms with E-state index in [0.29, 0.717) is 5.56 Å². The van der Waals surface area contributed by atoms with E-state index >= 15 is 0 Å². The zero-order chi connectivity index (χ0) is 25.2. The Hall–Kier alpha value is -5.07. The first-order chi connectivity index (χ1) is 18.2. The first-order valence-electron chi connectivity index (χ1n) is 12.3. The van der Waals surface area contributed by atoms with Crippen LogP contribution in [-0.4, -0.2) is 7.05 Å². The maximum atomic E-state index is 9.30. The van der Waals surface area contributed by atoms with E-state index in [1.807, 2.05) is 31.3 Å². The highest BCUT2D eigenvalue weighted by molar-refractivity contribution is 6.04. The van der Waals surface area contributed by atoms with Crippen LogP contribution in [0.25, 0.3) is 21.5 Å². The summed E-state index contributed by atoms with van der Waals surface area (Å²) in [6.45, 7) is 0. The van der Waals surface area contributed by atoms with Gasteiger partial charge in [0.2, 0.25) is 0 Å². The van der Waals surface area contributed by atoms with E-state index in [1.54, 1.807) is 0 Å². The van der Waals surface area contributed by atoms with Crippen molar-refractivity contribution < 1.29 is 0 Å². The maximum Gasteiger partial charge on any atom is 0.0992 e. The maximum absolute atomic E-state index is 9.30. The van der Waals surface area contributed by atoms with Crippen molar-refractivity contribution in [3.05, 3.63) is 139 Å². The topological polar surface area (TPSA) is 30.3 Å². The first-order valence-corrected chi connectivity index (χ1v) is 12.3. The number of nitrogens with zero attached hydrogens (tertiary/aromatic N) is 3. The van der Waals surface area contributed by atoms with E-state index in [2.05, 4.69) is 125 Å². The van der Waals surface area contributed by atoms with Crippen LogP contribution in [-0.2, 0) is 0 Å². The lowest BCUT2D eigenvalue weighted by molar-refractivity contribution is 1.20. The van der Waals surface area contributed by atoms with Crippen LogP contribution < -0.4 is 9.80 Å². The van der Waals surface area contributed by atoms with Crippen molar-refractivity contribution in [2.24, 2.45) is 0 Å². The average Bonchev–Trinajstić information content (AvgIpc) is 2.97. The number of fused-ring (bicyclic) bond motifs is 2. The molecular formula is C34H25N3. The normalized spacial score (nSPS) is 10.8. The molecule has 0 saturated carbocycles. The fourth-order valence-corrected chi connectivity index (χ4v) is 4.97. The lowest BCUT2D eigenvalue weighted by atomic mass is 10.0. The zero-order valence-corrected chi connectivity index (χ0v) is 20.5. The largest absolute Gasteiger partial charge is 0.345 e. The molecule has 0 aliphatic carbocycles. The summed E-state index contributed by atoms with van der Waals surface area (Å²) in [5.74, 6) is 0. The molecule has 3 nitrogen and oxygen atoms in total. The molecule has 0 N–H and O–H groups in total. The Balaban J connectivity index is 1.50. The molecule has 176 valence electrons. The van der Waals surface area contributed by atoms with Crippen LogP contribution in [0.3, 0.4) is 0 Å². The Morgan fingerprint density at radius 2 is 1.03 bits per heavy atom. The summed E-state index contributed by atoms with van der Waals surface area (Å²) in [6.07, 6.45) is 0. The van der Waals surface area contributed by atoms with Gasteiger partial charge >= 0.3 is 0 Å². The lowest BCUT2D eigenvalue weighted by Gasteiger charge is -2.29. The van der Waals surface area contributed by atoms with Crippen LogP contribution in [0.5, 0.6) is 0 Å². The summed E-state index contributed by atoms with van der Waals surface area (Å²) >= 11 is 0. The summed E-state index contributed by atoms with van der Waals surface area (Å²) in [5, 5.41) is 14.1. The molecule has 0 aliphatic heterocycles. The van der Waals surface area contributed by atoms with Crippen LogP contribution in [0.4, 0.5) is 28.4 Å². The monoisotopic (exact) mass is 475 g/mol. The summed E-state index contributed by atoms with van der Waals surface area (Å²) in [7, 11) is 2.03. The van der Waals surface area contributed by atoms with Crippen molar-refractivity contribution in [3.63, 3.8) is 0 Å². The third-order valence-electron chi connectivity index (χ3n) is 6.87. The van der Waals surface area contributed by atoms with Crippen molar-refractivity contribution in [2.75, 3.05) is 16.8 Å². The van der Waals surface area contributed by atoms with Gasteiger partial charge in [0.15, 0.2) is 0 Å². The van der Waals surface area contributed by atoms with Crippen LogP contribution in [0.1, 0.15) is 5.56 Å². The predicted octanol–water partition coefficient (Wildman–Crippen LogP) is 9.10. The zero-order valence-electron chi connectivity index (χ0n) is 20.5. The molecule has 0 heterocycles. The van der Waals surface area contributed by atoms with Gasteiger partial charge in [-0.15, -0.1) is 0 Å². The van der Waals surface area contributed by atoms with Gasteiger partial charge in [0, 0.05) is 34.9 Å². The molecule has 0 aromatic heterocycles. The number of anilines is 5. The molecule has 0 fully saturated rings.